The zero-order chi connectivity index (χ0) is 11.5. The number of rotatable bonds is 3. The van der Waals surface area contributed by atoms with Crippen molar-refractivity contribution in [3.05, 3.63) is 29.3 Å². The minimum atomic E-state index is -1.38. The summed E-state index contributed by atoms with van der Waals surface area (Å²) in [6.45, 7) is 10.3. The first kappa shape index (κ1) is 13.2. The van der Waals surface area contributed by atoms with Gasteiger partial charge in [-0.05, 0) is 0 Å². The van der Waals surface area contributed by atoms with Gasteiger partial charge in [-0.25, -0.2) is 0 Å². The number of benzene rings is 1. The molecule has 0 atom stereocenters. The SMILES string of the molecule is Cc1ccc(C)c([O][Y][O]C(C)(C)C)c1. The van der Waals surface area contributed by atoms with Crippen molar-refractivity contribution in [3.8, 4) is 5.75 Å². The molecule has 0 saturated heterocycles. The molecule has 15 heavy (non-hydrogen) atoms. The molecule has 0 N–H and O–H groups in total. The summed E-state index contributed by atoms with van der Waals surface area (Å²) in [5, 5.41) is 0. The van der Waals surface area contributed by atoms with Gasteiger partial charge in [0.25, 0.3) is 0 Å². The van der Waals surface area contributed by atoms with Crippen molar-refractivity contribution in [3.63, 3.8) is 0 Å². The van der Waals surface area contributed by atoms with Crippen molar-refractivity contribution in [2.45, 2.75) is 40.2 Å². The maximum absolute atomic E-state index is 5.76. The van der Waals surface area contributed by atoms with Crippen molar-refractivity contribution in [1.29, 1.82) is 0 Å². The third-order valence-corrected chi connectivity index (χ3v) is 4.76. The van der Waals surface area contributed by atoms with E-state index in [0.29, 0.717) is 0 Å². The van der Waals surface area contributed by atoms with E-state index in [1.807, 2.05) is 0 Å². The van der Waals surface area contributed by atoms with E-state index < -0.39 is 30.2 Å². The van der Waals surface area contributed by atoms with E-state index in [4.69, 9.17) is 4.10 Å². The number of hydrogen-bond acceptors (Lipinski definition) is 2. The predicted molar refractivity (Wildman–Crippen MR) is 57.4 cm³/mol. The Bertz CT molecular complexity index is 329. The van der Waals surface area contributed by atoms with Gasteiger partial charge in [-0.2, -0.15) is 0 Å². The zero-order valence-electron chi connectivity index (χ0n) is 10.1. The molecule has 0 radical (unpaired) electrons. The average molecular weight is 283 g/mol. The summed E-state index contributed by atoms with van der Waals surface area (Å²) in [7, 11) is 0. The topological polar surface area (TPSA) is 18.5 Å². The molecular weight excluding hydrogens is 265 g/mol. The van der Waals surface area contributed by atoms with Crippen LogP contribution in [0, 0.1) is 13.8 Å². The molecule has 0 bridgehead atoms. The third kappa shape index (κ3) is 5.10. The van der Waals surface area contributed by atoms with E-state index >= 15 is 0 Å². The summed E-state index contributed by atoms with van der Waals surface area (Å²) in [5.41, 5.74) is 2.34. The third-order valence-electron chi connectivity index (χ3n) is 1.92. The first-order valence-corrected chi connectivity index (χ1v) is 7.44. The molecule has 0 amide bonds. The van der Waals surface area contributed by atoms with Crippen LogP contribution in [-0.2, 0) is 32.3 Å². The molecule has 1 aromatic rings. The molecule has 0 aliphatic heterocycles. The van der Waals surface area contributed by atoms with E-state index in [1.165, 1.54) is 11.1 Å². The predicted octanol–water partition coefficient (Wildman–Crippen LogP) is 3.41. The van der Waals surface area contributed by atoms with Crippen LogP contribution in [0.25, 0.3) is 0 Å². The van der Waals surface area contributed by atoms with Crippen molar-refractivity contribution in [2.75, 3.05) is 0 Å². The summed E-state index contributed by atoms with van der Waals surface area (Å²) >= 11 is -1.38. The van der Waals surface area contributed by atoms with Gasteiger partial charge in [0.15, 0.2) is 0 Å². The van der Waals surface area contributed by atoms with Crippen LogP contribution < -0.4 is 2.05 Å². The van der Waals surface area contributed by atoms with Gasteiger partial charge < -0.3 is 0 Å². The van der Waals surface area contributed by atoms with Crippen LogP contribution in [0.3, 0.4) is 0 Å². The van der Waals surface area contributed by atoms with Crippen LogP contribution in [0.2, 0.25) is 0 Å². The second-order valence-electron chi connectivity index (χ2n) is 4.71. The molecule has 1 aromatic carbocycles. The fourth-order valence-electron chi connectivity index (χ4n) is 1.05. The second-order valence-corrected chi connectivity index (χ2v) is 6.35. The molecule has 0 saturated carbocycles. The average Bonchev–Trinajstić information content (AvgIpc) is 2.09. The molecule has 1 rings (SSSR count). The molecule has 0 fully saturated rings. The Labute approximate surface area is 109 Å². The van der Waals surface area contributed by atoms with E-state index in [-0.39, 0.29) is 5.60 Å². The van der Waals surface area contributed by atoms with Crippen LogP contribution in [-0.4, -0.2) is 5.60 Å². The van der Waals surface area contributed by atoms with Gasteiger partial charge in [-0.3, -0.25) is 0 Å². The van der Waals surface area contributed by atoms with Crippen molar-refractivity contribution in [1.82, 2.24) is 0 Å². The maximum atomic E-state index is 5.76. The zero-order valence-corrected chi connectivity index (χ0v) is 13.0. The molecule has 0 spiro atoms. The minimum absolute atomic E-state index is 0.0706. The summed E-state index contributed by atoms with van der Waals surface area (Å²) in [4.78, 5) is 0. The fraction of sp³-hybridized carbons (Fsp3) is 0.500. The molecular formula is C12H18O2Y. The molecule has 81 valence electrons. The first-order chi connectivity index (χ1) is 6.88. The Morgan fingerprint density at radius 3 is 2.40 bits per heavy atom. The van der Waals surface area contributed by atoms with E-state index in [2.05, 4.69) is 52.8 Å². The first-order valence-electron chi connectivity index (χ1n) is 5.12. The van der Waals surface area contributed by atoms with Crippen LogP contribution in [0.4, 0.5) is 0 Å². The van der Waals surface area contributed by atoms with Gasteiger partial charge in [0.05, 0.1) is 0 Å². The van der Waals surface area contributed by atoms with Crippen molar-refractivity contribution >= 4 is 0 Å². The number of aryl methyl sites for hydroxylation is 2. The summed E-state index contributed by atoms with van der Waals surface area (Å²) in [6, 6.07) is 6.26. The molecule has 0 unspecified atom stereocenters. The fourth-order valence-corrected chi connectivity index (χ4v) is 2.76. The summed E-state index contributed by atoms with van der Waals surface area (Å²) in [5.74, 6) is 0.987. The molecule has 3 heteroatoms. The van der Waals surface area contributed by atoms with Crippen molar-refractivity contribution < 1.29 is 34.3 Å². The normalized spacial score (nSPS) is 11.0. The van der Waals surface area contributed by atoms with E-state index in [9.17, 15) is 0 Å². The Morgan fingerprint density at radius 1 is 1.13 bits per heavy atom. The van der Waals surface area contributed by atoms with Gasteiger partial charge in [0, 0.05) is 0 Å². The Kier molecular flexibility index (Phi) is 4.75. The van der Waals surface area contributed by atoms with Gasteiger partial charge >= 0.3 is 110 Å². The van der Waals surface area contributed by atoms with E-state index in [1.54, 1.807) is 0 Å². The van der Waals surface area contributed by atoms with Gasteiger partial charge in [-0.1, -0.05) is 0 Å². The van der Waals surface area contributed by atoms with Gasteiger partial charge in [0.2, 0.25) is 0 Å². The second kappa shape index (κ2) is 5.42. The molecule has 0 aliphatic rings. The van der Waals surface area contributed by atoms with E-state index in [0.717, 1.165) is 5.75 Å². The molecule has 0 aromatic heterocycles. The monoisotopic (exact) mass is 283 g/mol. The standard InChI is InChI=1S/C8H10O.C4H9O.Y/c1-6-3-4-7(2)8(9)5-6;1-4(2,3)5;/h3-5,9H,1-2H3;1-3H3;/q;-1;+2/p-1. The molecule has 2 nitrogen and oxygen atoms in total. The summed E-state index contributed by atoms with van der Waals surface area (Å²) < 4.78 is 11.5. The molecule has 0 heterocycles. The Morgan fingerprint density at radius 2 is 1.80 bits per heavy atom. The van der Waals surface area contributed by atoms with Crippen LogP contribution in [0.1, 0.15) is 31.9 Å². The van der Waals surface area contributed by atoms with Crippen LogP contribution in [0.5, 0.6) is 5.75 Å². The van der Waals surface area contributed by atoms with Crippen LogP contribution in [0.15, 0.2) is 18.2 Å². The Balaban J connectivity index is 2.54. The number of hydrogen-bond donors (Lipinski definition) is 0. The quantitative estimate of drug-likeness (QED) is 0.846. The van der Waals surface area contributed by atoms with Crippen molar-refractivity contribution in [2.24, 2.45) is 0 Å². The van der Waals surface area contributed by atoms with Crippen LogP contribution >= 0.6 is 0 Å². The Hall–Kier alpha value is 0.0839. The summed E-state index contributed by atoms with van der Waals surface area (Å²) in [6.07, 6.45) is 0. The van der Waals surface area contributed by atoms with Gasteiger partial charge in [-0.15, -0.1) is 0 Å². The van der Waals surface area contributed by atoms with Gasteiger partial charge in [0.1, 0.15) is 0 Å². The molecule has 0 aliphatic carbocycles.